The maximum atomic E-state index is 12.2. The van der Waals surface area contributed by atoms with E-state index < -0.39 is 6.10 Å². The molecule has 1 aromatic carbocycles. The van der Waals surface area contributed by atoms with Crippen LogP contribution in [0.4, 0.5) is 0 Å². The van der Waals surface area contributed by atoms with Crippen molar-refractivity contribution in [3.05, 3.63) is 42.5 Å². The van der Waals surface area contributed by atoms with Crippen LogP contribution in [0.3, 0.4) is 0 Å². The number of hydrogen-bond donors (Lipinski definition) is 0. The monoisotopic (exact) mass is 258 g/mol. The van der Waals surface area contributed by atoms with Crippen LogP contribution in [0.5, 0.6) is 11.5 Å². The zero-order valence-corrected chi connectivity index (χ0v) is 10.6. The molecule has 2 heterocycles. The molecule has 0 spiro atoms. The molecule has 1 aliphatic rings. The summed E-state index contributed by atoms with van der Waals surface area (Å²) >= 11 is 0. The standard InChI is InChI=1S/C14H14N2O3/c1-16-7-6-15-14(16)8-10(17)13-9-18-11-4-2-3-5-12(11)19-13/h2-7,13H,8-9H2,1H3. The lowest BCUT2D eigenvalue weighted by Crippen LogP contribution is -2.37. The normalized spacial score (nSPS) is 17.2. The number of aromatic nitrogens is 2. The van der Waals surface area contributed by atoms with Crippen molar-refractivity contribution in [3.8, 4) is 11.5 Å². The van der Waals surface area contributed by atoms with Gasteiger partial charge in [0.25, 0.3) is 0 Å². The molecule has 0 aliphatic carbocycles. The molecular formula is C14H14N2O3. The topological polar surface area (TPSA) is 53.4 Å². The number of ether oxygens (including phenoxy) is 2. The second-order valence-electron chi connectivity index (χ2n) is 4.46. The summed E-state index contributed by atoms with van der Waals surface area (Å²) in [6.07, 6.45) is 3.18. The van der Waals surface area contributed by atoms with Crippen LogP contribution in [0.15, 0.2) is 36.7 Å². The minimum Gasteiger partial charge on any atom is -0.485 e. The summed E-state index contributed by atoms with van der Waals surface area (Å²) in [5.41, 5.74) is 0. The van der Waals surface area contributed by atoms with Crippen LogP contribution >= 0.6 is 0 Å². The molecule has 1 aromatic heterocycles. The zero-order valence-electron chi connectivity index (χ0n) is 10.6. The van der Waals surface area contributed by atoms with Gasteiger partial charge in [0.1, 0.15) is 12.4 Å². The molecule has 0 fully saturated rings. The van der Waals surface area contributed by atoms with Crippen molar-refractivity contribution in [2.45, 2.75) is 12.5 Å². The number of hydrogen-bond acceptors (Lipinski definition) is 4. The molecule has 0 saturated carbocycles. The number of imidazole rings is 1. The number of ketones is 1. The second kappa shape index (κ2) is 4.76. The molecule has 3 rings (SSSR count). The van der Waals surface area contributed by atoms with E-state index in [1.807, 2.05) is 36.0 Å². The van der Waals surface area contributed by atoms with Crippen molar-refractivity contribution in [2.75, 3.05) is 6.61 Å². The van der Waals surface area contributed by atoms with Gasteiger partial charge in [-0.1, -0.05) is 12.1 Å². The second-order valence-corrected chi connectivity index (χ2v) is 4.46. The Hall–Kier alpha value is -2.30. The van der Waals surface area contributed by atoms with Gasteiger partial charge in [-0.3, -0.25) is 4.79 Å². The Kier molecular flexibility index (Phi) is 2.95. The van der Waals surface area contributed by atoms with Gasteiger partial charge in [0.05, 0.1) is 6.42 Å². The van der Waals surface area contributed by atoms with Gasteiger partial charge in [-0.25, -0.2) is 4.98 Å². The van der Waals surface area contributed by atoms with Gasteiger partial charge in [-0.15, -0.1) is 0 Å². The molecule has 5 heteroatoms. The summed E-state index contributed by atoms with van der Waals surface area (Å²) in [6.45, 7) is 0.250. The fourth-order valence-corrected chi connectivity index (χ4v) is 2.01. The number of aryl methyl sites for hydroxylation is 1. The first-order valence-electron chi connectivity index (χ1n) is 6.11. The van der Waals surface area contributed by atoms with Gasteiger partial charge in [-0.05, 0) is 12.1 Å². The van der Waals surface area contributed by atoms with E-state index in [1.54, 1.807) is 12.3 Å². The Morgan fingerprint density at radius 3 is 2.95 bits per heavy atom. The largest absolute Gasteiger partial charge is 0.485 e. The third-order valence-corrected chi connectivity index (χ3v) is 3.12. The number of fused-ring (bicyclic) bond motifs is 1. The fourth-order valence-electron chi connectivity index (χ4n) is 2.01. The number of benzene rings is 1. The van der Waals surface area contributed by atoms with Gasteiger partial charge in [0, 0.05) is 19.4 Å². The third-order valence-electron chi connectivity index (χ3n) is 3.12. The predicted octanol–water partition coefficient (Wildman–Crippen LogP) is 1.37. The number of carbonyl (C=O) groups excluding carboxylic acids is 1. The van der Waals surface area contributed by atoms with E-state index in [0.717, 1.165) is 5.82 Å². The van der Waals surface area contributed by atoms with Crippen LogP contribution in [0.1, 0.15) is 5.82 Å². The van der Waals surface area contributed by atoms with Gasteiger partial charge in [0.2, 0.25) is 0 Å². The first-order valence-corrected chi connectivity index (χ1v) is 6.11. The zero-order chi connectivity index (χ0) is 13.2. The van der Waals surface area contributed by atoms with Crippen molar-refractivity contribution in [3.63, 3.8) is 0 Å². The van der Waals surface area contributed by atoms with Crippen LogP contribution in [-0.2, 0) is 18.3 Å². The maximum Gasteiger partial charge on any atom is 0.191 e. The van der Waals surface area contributed by atoms with Crippen molar-refractivity contribution in [1.82, 2.24) is 9.55 Å². The molecule has 0 saturated heterocycles. The Balaban J connectivity index is 1.71. The number of carbonyl (C=O) groups is 1. The van der Waals surface area contributed by atoms with Crippen molar-refractivity contribution < 1.29 is 14.3 Å². The highest BCUT2D eigenvalue weighted by molar-refractivity contribution is 5.85. The molecule has 19 heavy (non-hydrogen) atoms. The van der Waals surface area contributed by atoms with Crippen LogP contribution in [-0.4, -0.2) is 28.0 Å². The van der Waals surface area contributed by atoms with Gasteiger partial charge in [-0.2, -0.15) is 0 Å². The first kappa shape index (κ1) is 11.8. The minimum absolute atomic E-state index is 0.0243. The molecule has 1 aliphatic heterocycles. The average molecular weight is 258 g/mol. The number of rotatable bonds is 3. The van der Waals surface area contributed by atoms with Crippen molar-refractivity contribution in [1.29, 1.82) is 0 Å². The molecule has 98 valence electrons. The molecule has 0 N–H and O–H groups in total. The SMILES string of the molecule is Cn1ccnc1CC(=O)C1COc2ccccc2O1. The van der Waals surface area contributed by atoms with Crippen LogP contribution < -0.4 is 9.47 Å². The van der Waals surface area contributed by atoms with E-state index in [-0.39, 0.29) is 18.8 Å². The molecule has 0 radical (unpaired) electrons. The Bertz CT molecular complexity index is 606. The van der Waals surface area contributed by atoms with E-state index in [1.165, 1.54) is 0 Å². The average Bonchev–Trinajstić information content (AvgIpc) is 2.84. The molecule has 5 nitrogen and oxygen atoms in total. The number of nitrogens with zero attached hydrogens (tertiary/aromatic N) is 2. The highest BCUT2D eigenvalue weighted by Crippen LogP contribution is 2.31. The molecular weight excluding hydrogens is 244 g/mol. The van der Waals surface area contributed by atoms with Gasteiger partial charge >= 0.3 is 0 Å². The first-order chi connectivity index (χ1) is 9.24. The minimum atomic E-state index is -0.563. The fraction of sp³-hybridized carbons (Fsp3) is 0.286. The Morgan fingerprint density at radius 2 is 2.21 bits per heavy atom. The van der Waals surface area contributed by atoms with Crippen LogP contribution in [0.2, 0.25) is 0 Å². The number of para-hydroxylation sites is 2. The highest BCUT2D eigenvalue weighted by Gasteiger charge is 2.27. The lowest BCUT2D eigenvalue weighted by molar-refractivity contribution is -0.127. The maximum absolute atomic E-state index is 12.2. The predicted molar refractivity (Wildman–Crippen MR) is 68.3 cm³/mol. The molecule has 1 unspecified atom stereocenters. The van der Waals surface area contributed by atoms with Crippen molar-refractivity contribution >= 4 is 5.78 Å². The van der Waals surface area contributed by atoms with Gasteiger partial charge < -0.3 is 14.0 Å². The molecule has 2 aromatic rings. The smallest absolute Gasteiger partial charge is 0.191 e. The summed E-state index contributed by atoms with van der Waals surface area (Å²) in [5, 5.41) is 0. The van der Waals surface area contributed by atoms with Crippen molar-refractivity contribution in [2.24, 2.45) is 7.05 Å². The van der Waals surface area contributed by atoms with Gasteiger partial charge in [0.15, 0.2) is 23.4 Å². The third kappa shape index (κ3) is 2.31. The molecule has 1 atom stereocenters. The molecule has 0 amide bonds. The summed E-state index contributed by atoms with van der Waals surface area (Å²) in [4.78, 5) is 16.3. The van der Waals surface area contributed by atoms with E-state index >= 15 is 0 Å². The summed E-state index contributed by atoms with van der Waals surface area (Å²) in [6, 6.07) is 7.36. The van der Waals surface area contributed by atoms with Crippen LogP contribution in [0, 0.1) is 0 Å². The lowest BCUT2D eigenvalue weighted by Gasteiger charge is -2.25. The lowest BCUT2D eigenvalue weighted by atomic mass is 10.1. The number of Topliss-reactive ketones (excluding diaryl/α,β-unsaturated/α-hetero) is 1. The Labute approximate surface area is 110 Å². The van der Waals surface area contributed by atoms with Crippen LogP contribution in [0.25, 0.3) is 0 Å². The Morgan fingerprint density at radius 1 is 1.42 bits per heavy atom. The van der Waals surface area contributed by atoms with E-state index in [0.29, 0.717) is 11.5 Å². The van der Waals surface area contributed by atoms with E-state index in [9.17, 15) is 4.79 Å². The molecule has 0 bridgehead atoms. The summed E-state index contributed by atoms with van der Waals surface area (Å²) in [7, 11) is 1.86. The van der Waals surface area contributed by atoms with E-state index in [4.69, 9.17) is 9.47 Å². The quantitative estimate of drug-likeness (QED) is 0.834. The highest BCUT2D eigenvalue weighted by atomic mass is 16.6. The van der Waals surface area contributed by atoms with E-state index in [2.05, 4.69) is 4.98 Å². The summed E-state index contributed by atoms with van der Waals surface area (Å²) < 4.78 is 13.0. The summed E-state index contributed by atoms with van der Waals surface area (Å²) in [5.74, 6) is 2.01.